The average molecular weight is 441 g/mol. The fourth-order valence-corrected chi connectivity index (χ4v) is 2.34. The van der Waals surface area contributed by atoms with Crippen molar-refractivity contribution in [2.24, 2.45) is 4.99 Å². The third kappa shape index (κ3) is 7.81. The zero-order chi connectivity index (χ0) is 16.3. The summed E-state index contributed by atoms with van der Waals surface area (Å²) in [6.07, 6.45) is 6.05. The third-order valence-corrected chi connectivity index (χ3v) is 3.48. The Morgan fingerprint density at radius 2 is 2.00 bits per heavy atom. The Balaban J connectivity index is 0.00000288. The predicted octanol–water partition coefficient (Wildman–Crippen LogP) is 3.00. The maximum atomic E-state index is 4.63. The minimum Gasteiger partial charge on any atom is -0.357 e. The maximum absolute atomic E-state index is 4.63. The molecule has 5 nitrogen and oxygen atoms in total. The van der Waals surface area contributed by atoms with E-state index in [4.69, 9.17) is 0 Å². The quantitative estimate of drug-likeness (QED) is 0.287. The fraction of sp³-hybridized carbons (Fsp3) is 0.444. The molecule has 1 aromatic carbocycles. The normalized spacial score (nSPS) is 11.0. The van der Waals surface area contributed by atoms with Crippen LogP contribution in [0.25, 0.3) is 0 Å². The number of aromatic nitrogens is 2. The van der Waals surface area contributed by atoms with Crippen LogP contribution in [0.4, 0.5) is 0 Å². The molecule has 0 aliphatic rings. The summed E-state index contributed by atoms with van der Waals surface area (Å²) in [6.45, 7) is 7.47. The van der Waals surface area contributed by atoms with Gasteiger partial charge in [-0.3, -0.25) is 9.67 Å². The Morgan fingerprint density at radius 3 is 2.67 bits per heavy atom. The minimum atomic E-state index is 0. The number of aryl methyl sites for hydroxylation is 2. The molecule has 2 rings (SSSR count). The molecule has 0 aliphatic heterocycles. The molecule has 0 radical (unpaired) electrons. The van der Waals surface area contributed by atoms with Crippen LogP contribution >= 0.6 is 24.0 Å². The number of rotatable bonds is 8. The highest BCUT2D eigenvalue weighted by Crippen LogP contribution is 2.02. The van der Waals surface area contributed by atoms with Gasteiger partial charge < -0.3 is 10.6 Å². The van der Waals surface area contributed by atoms with Crippen LogP contribution in [0.3, 0.4) is 0 Å². The lowest BCUT2D eigenvalue weighted by Gasteiger charge is -2.11. The molecule has 0 aliphatic carbocycles. The molecule has 0 saturated carbocycles. The molecule has 0 fully saturated rings. The molecule has 0 unspecified atom stereocenters. The van der Waals surface area contributed by atoms with Gasteiger partial charge in [-0.1, -0.05) is 30.3 Å². The van der Waals surface area contributed by atoms with Gasteiger partial charge in [0.25, 0.3) is 0 Å². The van der Waals surface area contributed by atoms with Gasteiger partial charge in [-0.15, -0.1) is 24.0 Å². The smallest absolute Gasteiger partial charge is 0.191 e. The van der Waals surface area contributed by atoms with E-state index >= 15 is 0 Å². The molecule has 1 aromatic heterocycles. The van der Waals surface area contributed by atoms with Crippen molar-refractivity contribution in [3.8, 4) is 0 Å². The summed E-state index contributed by atoms with van der Waals surface area (Å²) in [6, 6.07) is 10.6. The largest absolute Gasteiger partial charge is 0.357 e. The van der Waals surface area contributed by atoms with Gasteiger partial charge >= 0.3 is 0 Å². The Hall–Kier alpha value is -1.57. The molecule has 1 heterocycles. The SMILES string of the molecule is CCNC(=NCCCc1ccccc1)NCCn1cc(C)cn1.I. The monoisotopic (exact) mass is 441 g/mol. The molecule has 6 heteroatoms. The first-order chi connectivity index (χ1) is 11.3. The molecule has 0 atom stereocenters. The highest BCUT2D eigenvalue weighted by molar-refractivity contribution is 14.0. The van der Waals surface area contributed by atoms with Crippen LogP contribution < -0.4 is 10.6 Å². The summed E-state index contributed by atoms with van der Waals surface area (Å²) < 4.78 is 1.95. The molecule has 2 N–H and O–H groups in total. The molecule has 2 aromatic rings. The van der Waals surface area contributed by atoms with E-state index < -0.39 is 0 Å². The first-order valence-electron chi connectivity index (χ1n) is 8.33. The van der Waals surface area contributed by atoms with Crippen molar-refractivity contribution in [2.45, 2.75) is 33.2 Å². The topological polar surface area (TPSA) is 54.2 Å². The Bertz CT molecular complexity index is 594. The lowest BCUT2D eigenvalue weighted by molar-refractivity contribution is 0.597. The van der Waals surface area contributed by atoms with E-state index in [1.54, 1.807) is 0 Å². The summed E-state index contributed by atoms with van der Waals surface area (Å²) in [5.41, 5.74) is 2.56. The zero-order valence-electron chi connectivity index (χ0n) is 14.5. The number of benzene rings is 1. The van der Waals surface area contributed by atoms with Crippen molar-refractivity contribution in [2.75, 3.05) is 19.6 Å². The van der Waals surface area contributed by atoms with Crippen LogP contribution in [0.1, 0.15) is 24.5 Å². The van der Waals surface area contributed by atoms with Crippen molar-refractivity contribution in [1.29, 1.82) is 0 Å². The molecule has 0 saturated heterocycles. The first kappa shape index (κ1) is 20.5. The number of aliphatic imine (C=N–C) groups is 1. The van der Waals surface area contributed by atoms with E-state index in [0.29, 0.717) is 0 Å². The van der Waals surface area contributed by atoms with Gasteiger partial charge in [0.05, 0.1) is 12.7 Å². The predicted molar refractivity (Wildman–Crippen MR) is 111 cm³/mol. The van der Waals surface area contributed by atoms with Gasteiger partial charge in [0.2, 0.25) is 0 Å². The van der Waals surface area contributed by atoms with Crippen molar-refractivity contribution < 1.29 is 0 Å². The summed E-state index contributed by atoms with van der Waals surface area (Å²) in [7, 11) is 0. The summed E-state index contributed by atoms with van der Waals surface area (Å²) in [4.78, 5) is 4.63. The van der Waals surface area contributed by atoms with E-state index in [2.05, 4.69) is 64.9 Å². The summed E-state index contributed by atoms with van der Waals surface area (Å²) in [5, 5.41) is 10.9. The number of halogens is 1. The standard InChI is InChI=1S/C18H27N5.HI/c1-3-19-18(21-12-13-23-15-16(2)14-22-23)20-11-7-10-17-8-5-4-6-9-17;/h4-6,8-9,14-15H,3,7,10-13H2,1-2H3,(H2,19,20,21);1H. The van der Waals surface area contributed by atoms with Crippen LogP contribution in [0.5, 0.6) is 0 Å². The zero-order valence-corrected chi connectivity index (χ0v) is 16.9. The van der Waals surface area contributed by atoms with Crippen molar-refractivity contribution in [3.63, 3.8) is 0 Å². The highest BCUT2D eigenvalue weighted by atomic mass is 127. The molecular weight excluding hydrogens is 413 g/mol. The van der Waals surface area contributed by atoms with Crippen molar-refractivity contribution in [3.05, 3.63) is 53.9 Å². The molecule has 0 amide bonds. The highest BCUT2D eigenvalue weighted by Gasteiger charge is 1.98. The van der Waals surface area contributed by atoms with Gasteiger partial charge in [0, 0.05) is 25.8 Å². The van der Waals surface area contributed by atoms with Crippen molar-refractivity contribution in [1.82, 2.24) is 20.4 Å². The first-order valence-corrected chi connectivity index (χ1v) is 8.33. The van der Waals surface area contributed by atoms with Crippen molar-refractivity contribution >= 4 is 29.9 Å². The number of nitrogens with zero attached hydrogens (tertiary/aromatic N) is 3. The van der Waals surface area contributed by atoms with Crippen LogP contribution in [0.2, 0.25) is 0 Å². The van der Waals surface area contributed by atoms with E-state index in [1.807, 2.05) is 17.1 Å². The van der Waals surface area contributed by atoms with Gasteiger partial charge in [0.15, 0.2) is 5.96 Å². The number of hydrogen-bond donors (Lipinski definition) is 2. The van der Waals surface area contributed by atoms with Crippen LogP contribution in [0, 0.1) is 6.92 Å². The van der Waals surface area contributed by atoms with Crippen LogP contribution in [-0.2, 0) is 13.0 Å². The average Bonchev–Trinajstić information content (AvgIpc) is 2.98. The number of guanidine groups is 1. The van der Waals surface area contributed by atoms with Gasteiger partial charge in [-0.05, 0) is 37.8 Å². The maximum Gasteiger partial charge on any atom is 0.191 e. The van der Waals surface area contributed by atoms with Gasteiger partial charge in [-0.2, -0.15) is 5.10 Å². The summed E-state index contributed by atoms with van der Waals surface area (Å²) >= 11 is 0. The second kappa shape index (κ2) is 11.9. The lowest BCUT2D eigenvalue weighted by Crippen LogP contribution is -2.39. The molecule has 0 bridgehead atoms. The molecule has 132 valence electrons. The Morgan fingerprint density at radius 1 is 1.21 bits per heavy atom. The van der Waals surface area contributed by atoms with Crippen LogP contribution in [0.15, 0.2) is 47.7 Å². The Labute approximate surface area is 162 Å². The van der Waals surface area contributed by atoms with Gasteiger partial charge in [-0.25, -0.2) is 0 Å². The minimum absolute atomic E-state index is 0. The molecular formula is C18H28IN5. The summed E-state index contributed by atoms with van der Waals surface area (Å²) in [5.74, 6) is 0.879. The number of hydrogen-bond acceptors (Lipinski definition) is 2. The van der Waals surface area contributed by atoms with E-state index in [0.717, 1.165) is 45.0 Å². The van der Waals surface area contributed by atoms with E-state index in [9.17, 15) is 0 Å². The van der Waals surface area contributed by atoms with E-state index in [-0.39, 0.29) is 24.0 Å². The molecule has 0 spiro atoms. The lowest BCUT2D eigenvalue weighted by atomic mass is 10.1. The fourth-order valence-electron chi connectivity index (χ4n) is 2.34. The molecule has 24 heavy (non-hydrogen) atoms. The van der Waals surface area contributed by atoms with Gasteiger partial charge in [0.1, 0.15) is 0 Å². The second-order valence-electron chi connectivity index (χ2n) is 5.56. The number of nitrogens with one attached hydrogen (secondary N) is 2. The third-order valence-electron chi connectivity index (χ3n) is 3.48. The van der Waals surface area contributed by atoms with Crippen LogP contribution in [-0.4, -0.2) is 35.4 Å². The Kier molecular flexibility index (Phi) is 10.1. The van der Waals surface area contributed by atoms with E-state index in [1.165, 1.54) is 11.1 Å². The second-order valence-corrected chi connectivity index (χ2v) is 5.56.